The first kappa shape index (κ1) is 19.2. The lowest BCUT2D eigenvalue weighted by atomic mass is 9.80. The average Bonchev–Trinajstić information content (AvgIpc) is 2.98. The maximum absolute atomic E-state index is 12.5. The molecule has 128 valence electrons. The van der Waals surface area contributed by atoms with Crippen LogP contribution in [0.1, 0.15) is 64.7 Å². The zero-order valence-corrected chi connectivity index (χ0v) is 14.4. The number of hydrogen-bond acceptors (Lipinski definition) is 3. The molecule has 0 aromatic rings. The molecule has 2 rings (SSSR count). The highest BCUT2D eigenvalue weighted by Gasteiger charge is 2.40. The molecular weight excluding hydrogens is 302 g/mol. The van der Waals surface area contributed by atoms with Crippen LogP contribution in [0.25, 0.3) is 0 Å². The van der Waals surface area contributed by atoms with Crippen molar-refractivity contribution in [1.29, 1.82) is 0 Å². The topological polar surface area (TPSA) is 70.2 Å². The quantitative estimate of drug-likeness (QED) is 0.696. The van der Waals surface area contributed by atoms with Crippen molar-refractivity contribution in [2.45, 2.75) is 76.3 Å². The Kier molecular flexibility index (Phi) is 8.18. The van der Waals surface area contributed by atoms with E-state index in [0.717, 1.165) is 57.9 Å². The molecule has 6 heteroatoms. The van der Waals surface area contributed by atoms with E-state index >= 15 is 0 Å². The van der Waals surface area contributed by atoms with Gasteiger partial charge in [-0.2, -0.15) is 0 Å². The maximum Gasteiger partial charge on any atom is 0.245 e. The maximum atomic E-state index is 12.5. The summed E-state index contributed by atoms with van der Waals surface area (Å²) in [4.78, 5) is 24.8. The van der Waals surface area contributed by atoms with Crippen LogP contribution < -0.4 is 16.0 Å². The fourth-order valence-electron chi connectivity index (χ4n) is 3.44. The van der Waals surface area contributed by atoms with Crippen LogP contribution in [0, 0.1) is 0 Å². The molecule has 5 nitrogen and oxygen atoms in total. The van der Waals surface area contributed by atoms with Crippen LogP contribution >= 0.6 is 12.4 Å². The van der Waals surface area contributed by atoms with E-state index in [-0.39, 0.29) is 30.3 Å². The average molecular weight is 332 g/mol. The lowest BCUT2D eigenvalue weighted by Gasteiger charge is -2.37. The minimum Gasteiger partial charge on any atom is -0.354 e. The first-order valence-electron chi connectivity index (χ1n) is 8.49. The molecule has 0 spiro atoms. The highest BCUT2D eigenvalue weighted by molar-refractivity contribution is 5.91. The molecule has 0 aromatic carbocycles. The number of carbonyl (C=O) groups excluding carboxylic acids is 2. The van der Waals surface area contributed by atoms with Crippen molar-refractivity contribution in [1.82, 2.24) is 16.0 Å². The SMILES string of the molecule is CCCNC(=O)C1(NC(=O)CC2CCCN2)CCCCC1.Cl. The largest absolute Gasteiger partial charge is 0.354 e. The van der Waals surface area contributed by atoms with Gasteiger partial charge < -0.3 is 16.0 Å². The zero-order chi connectivity index (χ0) is 15.1. The van der Waals surface area contributed by atoms with Crippen molar-refractivity contribution in [3.8, 4) is 0 Å². The van der Waals surface area contributed by atoms with E-state index in [1.807, 2.05) is 6.92 Å². The van der Waals surface area contributed by atoms with Crippen molar-refractivity contribution < 1.29 is 9.59 Å². The van der Waals surface area contributed by atoms with Gasteiger partial charge in [-0.1, -0.05) is 26.2 Å². The van der Waals surface area contributed by atoms with Crippen LogP contribution in [-0.4, -0.2) is 36.5 Å². The van der Waals surface area contributed by atoms with Gasteiger partial charge in [0.05, 0.1) is 0 Å². The van der Waals surface area contributed by atoms with Gasteiger partial charge in [-0.05, 0) is 38.6 Å². The molecule has 2 fully saturated rings. The molecule has 1 atom stereocenters. The molecule has 2 amide bonds. The van der Waals surface area contributed by atoms with Crippen LogP contribution in [0.5, 0.6) is 0 Å². The van der Waals surface area contributed by atoms with Crippen LogP contribution in [0.4, 0.5) is 0 Å². The molecule has 1 unspecified atom stereocenters. The molecule has 1 heterocycles. The molecule has 1 aliphatic heterocycles. The minimum absolute atomic E-state index is 0. The van der Waals surface area contributed by atoms with Gasteiger partial charge in [0.15, 0.2) is 0 Å². The molecule has 1 saturated heterocycles. The summed E-state index contributed by atoms with van der Waals surface area (Å²) in [5, 5.41) is 9.39. The predicted octanol–water partition coefficient (Wildman–Crippen LogP) is 1.90. The van der Waals surface area contributed by atoms with Crippen LogP contribution in [0.2, 0.25) is 0 Å². The Morgan fingerprint density at radius 1 is 1.18 bits per heavy atom. The summed E-state index contributed by atoms with van der Waals surface area (Å²) in [5.41, 5.74) is -0.664. The number of hydrogen-bond donors (Lipinski definition) is 3. The molecule has 0 radical (unpaired) electrons. The Morgan fingerprint density at radius 2 is 1.91 bits per heavy atom. The summed E-state index contributed by atoms with van der Waals surface area (Å²) < 4.78 is 0. The van der Waals surface area contributed by atoms with Crippen LogP contribution in [-0.2, 0) is 9.59 Å². The third-order valence-electron chi connectivity index (χ3n) is 4.65. The summed E-state index contributed by atoms with van der Waals surface area (Å²) in [6.45, 7) is 3.72. The molecule has 1 aliphatic carbocycles. The summed E-state index contributed by atoms with van der Waals surface area (Å²) in [7, 11) is 0. The van der Waals surface area contributed by atoms with E-state index in [2.05, 4.69) is 16.0 Å². The zero-order valence-electron chi connectivity index (χ0n) is 13.6. The Balaban J connectivity index is 0.00000242. The van der Waals surface area contributed by atoms with Crippen molar-refractivity contribution in [3.05, 3.63) is 0 Å². The second-order valence-electron chi connectivity index (χ2n) is 6.44. The fourth-order valence-corrected chi connectivity index (χ4v) is 3.44. The summed E-state index contributed by atoms with van der Waals surface area (Å²) >= 11 is 0. The molecule has 1 saturated carbocycles. The normalized spacial score (nSPS) is 23.4. The first-order chi connectivity index (χ1) is 10.2. The number of amides is 2. The molecule has 0 aromatic heterocycles. The smallest absolute Gasteiger partial charge is 0.245 e. The number of carbonyl (C=O) groups is 2. The minimum atomic E-state index is -0.664. The van der Waals surface area contributed by atoms with E-state index in [1.165, 1.54) is 0 Å². The number of rotatable bonds is 6. The van der Waals surface area contributed by atoms with E-state index < -0.39 is 5.54 Å². The van der Waals surface area contributed by atoms with E-state index in [4.69, 9.17) is 0 Å². The standard InChI is InChI=1S/C16H29N3O2.ClH/c1-2-10-18-15(21)16(8-4-3-5-9-16)19-14(20)12-13-7-6-11-17-13;/h13,17H,2-12H2,1H3,(H,18,21)(H,19,20);1H. The highest BCUT2D eigenvalue weighted by atomic mass is 35.5. The van der Waals surface area contributed by atoms with E-state index in [1.54, 1.807) is 0 Å². The van der Waals surface area contributed by atoms with Crippen molar-refractivity contribution in [2.24, 2.45) is 0 Å². The summed E-state index contributed by atoms with van der Waals surface area (Å²) in [6.07, 6.45) is 8.33. The molecule has 2 aliphatic rings. The van der Waals surface area contributed by atoms with Gasteiger partial charge >= 0.3 is 0 Å². The van der Waals surface area contributed by atoms with Gasteiger partial charge in [-0.15, -0.1) is 12.4 Å². The Morgan fingerprint density at radius 3 is 2.50 bits per heavy atom. The van der Waals surface area contributed by atoms with Crippen molar-refractivity contribution in [3.63, 3.8) is 0 Å². The third-order valence-corrected chi connectivity index (χ3v) is 4.65. The lowest BCUT2D eigenvalue weighted by Crippen LogP contribution is -2.60. The first-order valence-corrected chi connectivity index (χ1v) is 8.49. The Hall–Kier alpha value is -0.810. The van der Waals surface area contributed by atoms with Gasteiger partial charge in [0.25, 0.3) is 0 Å². The second kappa shape index (κ2) is 9.36. The van der Waals surface area contributed by atoms with Crippen LogP contribution in [0.15, 0.2) is 0 Å². The second-order valence-corrected chi connectivity index (χ2v) is 6.44. The van der Waals surface area contributed by atoms with Crippen LogP contribution in [0.3, 0.4) is 0 Å². The Labute approximate surface area is 139 Å². The monoisotopic (exact) mass is 331 g/mol. The van der Waals surface area contributed by atoms with Gasteiger partial charge in [0.2, 0.25) is 11.8 Å². The predicted molar refractivity (Wildman–Crippen MR) is 90.1 cm³/mol. The number of nitrogens with one attached hydrogen (secondary N) is 3. The van der Waals surface area contributed by atoms with Crippen molar-refractivity contribution in [2.75, 3.05) is 13.1 Å². The van der Waals surface area contributed by atoms with E-state index in [9.17, 15) is 9.59 Å². The van der Waals surface area contributed by atoms with Gasteiger partial charge in [0.1, 0.15) is 5.54 Å². The van der Waals surface area contributed by atoms with Gasteiger partial charge in [-0.3, -0.25) is 9.59 Å². The van der Waals surface area contributed by atoms with Gasteiger partial charge in [0, 0.05) is 19.0 Å². The molecule has 0 bridgehead atoms. The molecular formula is C16H30ClN3O2. The fraction of sp³-hybridized carbons (Fsp3) is 0.875. The van der Waals surface area contributed by atoms with Crippen molar-refractivity contribution >= 4 is 24.2 Å². The van der Waals surface area contributed by atoms with E-state index in [0.29, 0.717) is 13.0 Å². The Bertz CT molecular complexity index is 364. The highest BCUT2D eigenvalue weighted by Crippen LogP contribution is 2.29. The summed E-state index contributed by atoms with van der Waals surface area (Å²) in [6, 6.07) is 0.282. The summed E-state index contributed by atoms with van der Waals surface area (Å²) in [5.74, 6) is 0.0275. The third kappa shape index (κ3) is 5.13. The number of halogens is 1. The van der Waals surface area contributed by atoms with Gasteiger partial charge in [-0.25, -0.2) is 0 Å². The molecule has 3 N–H and O–H groups in total. The lowest BCUT2D eigenvalue weighted by molar-refractivity contribution is -0.135. The molecule has 22 heavy (non-hydrogen) atoms.